The van der Waals surface area contributed by atoms with E-state index in [9.17, 15) is 0 Å². The predicted octanol–water partition coefficient (Wildman–Crippen LogP) is 4.65. The summed E-state index contributed by atoms with van der Waals surface area (Å²) in [6, 6.07) is 18.8. The van der Waals surface area contributed by atoms with Gasteiger partial charge in [0.15, 0.2) is 0 Å². The summed E-state index contributed by atoms with van der Waals surface area (Å²) in [5, 5.41) is 3.48. The molecule has 0 aliphatic heterocycles. The van der Waals surface area contributed by atoms with Gasteiger partial charge in [0.05, 0.1) is 6.61 Å². The van der Waals surface area contributed by atoms with Crippen LogP contribution in [0.5, 0.6) is 5.75 Å². The van der Waals surface area contributed by atoms with Crippen molar-refractivity contribution in [2.24, 2.45) is 0 Å². The highest BCUT2D eigenvalue weighted by atomic mass is 16.5. The molecule has 0 radical (unpaired) electrons. The van der Waals surface area contributed by atoms with Gasteiger partial charge in [-0.15, -0.1) is 0 Å². The van der Waals surface area contributed by atoms with E-state index < -0.39 is 0 Å². The average molecular weight is 255 g/mol. The summed E-state index contributed by atoms with van der Waals surface area (Å²) in [4.78, 5) is 0. The number of rotatable bonds is 6. The van der Waals surface area contributed by atoms with Gasteiger partial charge in [-0.2, -0.15) is 0 Å². The minimum atomic E-state index is 0.280. The van der Waals surface area contributed by atoms with Gasteiger partial charge >= 0.3 is 0 Å². The lowest BCUT2D eigenvalue weighted by atomic mass is 10.1. The summed E-state index contributed by atoms with van der Waals surface area (Å²) in [5.41, 5.74) is 2.40. The second-order valence-electron chi connectivity index (χ2n) is 4.65. The van der Waals surface area contributed by atoms with Gasteiger partial charge in [0, 0.05) is 11.7 Å². The summed E-state index contributed by atoms with van der Waals surface area (Å²) >= 11 is 0. The van der Waals surface area contributed by atoms with E-state index in [1.54, 1.807) is 0 Å². The van der Waals surface area contributed by atoms with Crippen molar-refractivity contribution >= 4 is 5.69 Å². The summed E-state index contributed by atoms with van der Waals surface area (Å²) in [5.74, 6) is 0.942. The van der Waals surface area contributed by atoms with Crippen molar-refractivity contribution < 1.29 is 4.74 Å². The Morgan fingerprint density at radius 2 is 1.68 bits per heavy atom. The van der Waals surface area contributed by atoms with Crippen LogP contribution < -0.4 is 10.1 Å². The molecule has 0 spiro atoms. The number of para-hydroxylation sites is 1. The second-order valence-corrected chi connectivity index (χ2v) is 4.65. The van der Waals surface area contributed by atoms with Crippen LogP contribution in [-0.4, -0.2) is 6.61 Å². The Morgan fingerprint density at radius 3 is 2.32 bits per heavy atom. The van der Waals surface area contributed by atoms with Crippen LogP contribution in [0.1, 0.15) is 31.9 Å². The summed E-state index contributed by atoms with van der Waals surface area (Å²) in [6.07, 6.45) is 1.04. The first-order chi connectivity index (χ1) is 9.29. The van der Waals surface area contributed by atoms with Gasteiger partial charge in [-0.1, -0.05) is 37.3 Å². The van der Waals surface area contributed by atoms with Crippen LogP contribution in [0.2, 0.25) is 0 Å². The molecule has 0 heterocycles. The van der Waals surface area contributed by atoms with Crippen LogP contribution in [0.4, 0.5) is 5.69 Å². The van der Waals surface area contributed by atoms with Crippen LogP contribution in [0.25, 0.3) is 0 Å². The molecule has 1 atom stereocenters. The Morgan fingerprint density at radius 1 is 1.00 bits per heavy atom. The number of ether oxygens (including phenoxy) is 1. The molecule has 0 saturated heterocycles. The summed E-state index contributed by atoms with van der Waals surface area (Å²) in [6.45, 7) is 5.05. The third kappa shape index (κ3) is 4.02. The maximum atomic E-state index is 5.59. The molecule has 0 saturated carbocycles. The number of anilines is 1. The molecule has 2 nitrogen and oxygen atoms in total. The van der Waals surface area contributed by atoms with E-state index in [1.165, 1.54) is 5.56 Å². The molecule has 1 unspecified atom stereocenters. The number of hydrogen-bond donors (Lipinski definition) is 1. The Kier molecular flexibility index (Phi) is 4.85. The molecular formula is C17H21NO. The Labute approximate surface area is 115 Å². The fraction of sp³-hybridized carbons (Fsp3) is 0.294. The van der Waals surface area contributed by atoms with E-state index >= 15 is 0 Å². The fourth-order valence-electron chi connectivity index (χ4n) is 1.94. The van der Waals surface area contributed by atoms with Gasteiger partial charge < -0.3 is 10.1 Å². The first-order valence-corrected chi connectivity index (χ1v) is 6.84. The van der Waals surface area contributed by atoms with E-state index in [2.05, 4.69) is 43.4 Å². The Hall–Kier alpha value is -1.96. The van der Waals surface area contributed by atoms with Crippen LogP contribution in [-0.2, 0) is 0 Å². The highest BCUT2D eigenvalue weighted by Crippen LogP contribution is 2.21. The zero-order chi connectivity index (χ0) is 13.5. The van der Waals surface area contributed by atoms with Crippen LogP contribution in [0, 0.1) is 0 Å². The van der Waals surface area contributed by atoms with Crippen molar-refractivity contribution in [1.82, 2.24) is 0 Å². The molecular weight excluding hydrogens is 234 g/mol. The maximum absolute atomic E-state index is 5.59. The van der Waals surface area contributed by atoms with Crippen molar-refractivity contribution in [3.8, 4) is 5.75 Å². The van der Waals surface area contributed by atoms with Crippen molar-refractivity contribution in [1.29, 1.82) is 0 Å². The minimum absolute atomic E-state index is 0.280. The normalized spacial score (nSPS) is 11.9. The molecule has 100 valence electrons. The summed E-state index contributed by atoms with van der Waals surface area (Å²) in [7, 11) is 0. The fourth-order valence-corrected chi connectivity index (χ4v) is 1.94. The van der Waals surface area contributed by atoms with Gasteiger partial charge in [0.25, 0.3) is 0 Å². The Balaban J connectivity index is 1.97. The van der Waals surface area contributed by atoms with Crippen LogP contribution in [0.3, 0.4) is 0 Å². The molecule has 0 fully saturated rings. The van der Waals surface area contributed by atoms with Crippen molar-refractivity contribution in [3.05, 3.63) is 60.2 Å². The van der Waals surface area contributed by atoms with Gasteiger partial charge in [-0.05, 0) is 43.2 Å². The molecule has 0 bridgehead atoms. The Bertz CT molecular complexity index is 478. The molecule has 0 aliphatic carbocycles. The van der Waals surface area contributed by atoms with E-state index in [0.29, 0.717) is 0 Å². The molecule has 19 heavy (non-hydrogen) atoms. The predicted molar refractivity (Wildman–Crippen MR) is 80.7 cm³/mol. The van der Waals surface area contributed by atoms with Crippen molar-refractivity contribution in [2.75, 3.05) is 11.9 Å². The topological polar surface area (TPSA) is 21.3 Å². The van der Waals surface area contributed by atoms with Crippen molar-refractivity contribution in [2.45, 2.75) is 26.3 Å². The zero-order valence-corrected chi connectivity index (χ0v) is 11.6. The van der Waals surface area contributed by atoms with Gasteiger partial charge in [-0.3, -0.25) is 0 Å². The van der Waals surface area contributed by atoms with E-state index in [0.717, 1.165) is 24.5 Å². The van der Waals surface area contributed by atoms with Gasteiger partial charge in [-0.25, -0.2) is 0 Å². The smallest absolute Gasteiger partial charge is 0.119 e. The van der Waals surface area contributed by atoms with Crippen LogP contribution >= 0.6 is 0 Å². The molecule has 1 N–H and O–H groups in total. The molecule has 2 rings (SSSR count). The molecule has 2 aromatic carbocycles. The van der Waals surface area contributed by atoms with E-state index in [4.69, 9.17) is 4.74 Å². The number of benzene rings is 2. The highest BCUT2D eigenvalue weighted by molar-refractivity contribution is 5.45. The first-order valence-electron chi connectivity index (χ1n) is 6.84. The van der Waals surface area contributed by atoms with Crippen molar-refractivity contribution in [3.63, 3.8) is 0 Å². The lowest BCUT2D eigenvalue weighted by Gasteiger charge is -2.16. The monoisotopic (exact) mass is 255 g/mol. The molecule has 0 amide bonds. The minimum Gasteiger partial charge on any atom is -0.494 e. The zero-order valence-electron chi connectivity index (χ0n) is 11.6. The SMILES string of the molecule is CCCOc1ccc(C(C)Nc2ccccc2)cc1. The molecule has 2 aromatic rings. The quantitative estimate of drug-likeness (QED) is 0.811. The van der Waals surface area contributed by atoms with Crippen LogP contribution in [0.15, 0.2) is 54.6 Å². The third-order valence-corrected chi connectivity index (χ3v) is 3.01. The second kappa shape index (κ2) is 6.83. The third-order valence-electron chi connectivity index (χ3n) is 3.01. The largest absolute Gasteiger partial charge is 0.494 e. The molecule has 0 aliphatic rings. The maximum Gasteiger partial charge on any atom is 0.119 e. The first kappa shape index (κ1) is 13.5. The number of nitrogens with one attached hydrogen (secondary N) is 1. The van der Waals surface area contributed by atoms with E-state index in [-0.39, 0.29) is 6.04 Å². The summed E-state index contributed by atoms with van der Waals surface area (Å²) < 4.78 is 5.59. The molecule has 0 aromatic heterocycles. The lowest BCUT2D eigenvalue weighted by Crippen LogP contribution is -2.06. The van der Waals surface area contributed by atoms with Gasteiger partial charge in [0.1, 0.15) is 5.75 Å². The number of hydrogen-bond acceptors (Lipinski definition) is 2. The van der Waals surface area contributed by atoms with E-state index in [1.807, 2.05) is 30.3 Å². The highest BCUT2D eigenvalue weighted by Gasteiger charge is 2.05. The van der Waals surface area contributed by atoms with Gasteiger partial charge in [0.2, 0.25) is 0 Å². The average Bonchev–Trinajstić information content (AvgIpc) is 2.46. The molecule has 2 heteroatoms. The standard InChI is InChI=1S/C17H21NO/c1-3-13-19-17-11-9-15(10-12-17)14(2)18-16-7-5-4-6-8-16/h4-12,14,18H,3,13H2,1-2H3. The lowest BCUT2D eigenvalue weighted by molar-refractivity contribution is 0.317.